The van der Waals surface area contributed by atoms with Crippen LogP contribution in [0.3, 0.4) is 0 Å². The Kier molecular flexibility index (Phi) is 4.70. The third kappa shape index (κ3) is 4.00. The average Bonchev–Trinajstić information content (AvgIpc) is 2.85. The minimum atomic E-state index is -0.792. The molecule has 0 saturated heterocycles. The minimum absolute atomic E-state index is 0.0798. The largest absolute Gasteiger partial charge is 0.388 e. The molecule has 0 unspecified atom stereocenters. The fraction of sp³-hybridized carbons (Fsp3) is 0.533. The van der Waals surface area contributed by atoms with Crippen molar-refractivity contribution in [3.8, 4) is 0 Å². The van der Waals surface area contributed by atoms with Crippen LogP contribution in [-0.2, 0) is 11.2 Å². The molecule has 2 rings (SSSR count). The lowest BCUT2D eigenvalue weighted by Crippen LogP contribution is -2.40. The topological polar surface area (TPSA) is 49.3 Å². The fourth-order valence-electron chi connectivity index (χ4n) is 2.54. The van der Waals surface area contributed by atoms with E-state index in [4.69, 9.17) is 0 Å². The van der Waals surface area contributed by atoms with E-state index in [2.05, 4.69) is 5.32 Å². The number of aliphatic hydroxyl groups is 1. The number of amides is 1. The number of carbonyl (C=O) groups excluding carboxylic acids is 1. The van der Waals surface area contributed by atoms with Crippen molar-refractivity contribution in [2.75, 3.05) is 6.54 Å². The van der Waals surface area contributed by atoms with Gasteiger partial charge in [-0.3, -0.25) is 4.79 Å². The molecule has 2 N–H and O–H groups in total. The van der Waals surface area contributed by atoms with Crippen LogP contribution in [0, 0.1) is 11.6 Å². The second-order valence-corrected chi connectivity index (χ2v) is 5.44. The van der Waals surface area contributed by atoms with Gasteiger partial charge in [0.05, 0.1) is 5.60 Å². The van der Waals surface area contributed by atoms with Crippen LogP contribution in [0.25, 0.3) is 0 Å². The van der Waals surface area contributed by atoms with Gasteiger partial charge in [0.15, 0.2) is 0 Å². The van der Waals surface area contributed by atoms with Gasteiger partial charge < -0.3 is 10.4 Å². The highest BCUT2D eigenvalue weighted by molar-refractivity contribution is 5.76. The third-order valence-electron chi connectivity index (χ3n) is 3.78. The van der Waals surface area contributed by atoms with Gasteiger partial charge >= 0.3 is 0 Å². The van der Waals surface area contributed by atoms with Gasteiger partial charge in [-0.1, -0.05) is 12.8 Å². The Bertz CT molecular complexity index is 485. The van der Waals surface area contributed by atoms with Crippen LogP contribution in [-0.4, -0.2) is 23.2 Å². The van der Waals surface area contributed by atoms with Crippen molar-refractivity contribution >= 4 is 5.91 Å². The maximum absolute atomic E-state index is 13.4. The van der Waals surface area contributed by atoms with Crippen molar-refractivity contribution in [3.05, 3.63) is 35.4 Å². The molecule has 1 amide bonds. The second kappa shape index (κ2) is 6.31. The Morgan fingerprint density at radius 2 is 2.00 bits per heavy atom. The molecule has 0 bridgehead atoms. The lowest BCUT2D eigenvalue weighted by Gasteiger charge is -2.22. The standard InChI is InChI=1S/C15H19F2NO2/c16-12-4-5-13(17)11(9-12)3-6-14(19)18-10-15(20)7-1-2-8-15/h4-5,9,20H,1-3,6-8,10H2,(H,18,19). The van der Waals surface area contributed by atoms with Crippen molar-refractivity contribution in [2.24, 2.45) is 0 Å². The van der Waals surface area contributed by atoms with E-state index in [0.717, 1.165) is 31.0 Å². The van der Waals surface area contributed by atoms with E-state index < -0.39 is 17.2 Å². The normalized spacial score (nSPS) is 17.1. The van der Waals surface area contributed by atoms with Crippen LogP contribution < -0.4 is 5.32 Å². The lowest BCUT2D eigenvalue weighted by molar-refractivity contribution is -0.122. The monoisotopic (exact) mass is 283 g/mol. The van der Waals surface area contributed by atoms with Gasteiger partial charge in [-0.15, -0.1) is 0 Å². The van der Waals surface area contributed by atoms with Crippen molar-refractivity contribution in [1.82, 2.24) is 5.32 Å². The first-order valence-corrected chi connectivity index (χ1v) is 6.92. The molecular formula is C15H19F2NO2. The first kappa shape index (κ1) is 14.9. The predicted octanol–water partition coefficient (Wildman–Crippen LogP) is 2.32. The summed E-state index contributed by atoms with van der Waals surface area (Å²) in [5.41, 5.74) is -0.598. The molecule has 0 aliphatic heterocycles. The van der Waals surface area contributed by atoms with Crippen LogP contribution in [0.4, 0.5) is 8.78 Å². The van der Waals surface area contributed by atoms with E-state index in [1.807, 2.05) is 0 Å². The van der Waals surface area contributed by atoms with Crippen LogP contribution >= 0.6 is 0 Å². The number of carbonyl (C=O) groups is 1. The number of benzene rings is 1. The van der Waals surface area contributed by atoms with E-state index >= 15 is 0 Å². The SMILES string of the molecule is O=C(CCc1cc(F)ccc1F)NCC1(O)CCCC1. The molecule has 1 aromatic carbocycles. The molecule has 1 fully saturated rings. The summed E-state index contributed by atoms with van der Waals surface area (Å²) in [5.74, 6) is -1.27. The van der Waals surface area contributed by atoms with Gasteiger partial charge in [0, 0.05) is 13.0 Å². The fourth-order valence-corrected chi connectivity index (χ4v) is 2.54. The van der Waals surface area contributed by atoms with Gasteiger partial charge in [0.2, 0.25) is 5.91 Å². The Morgan fingerprint density at radius 3 is 2.70 bits per heavy atom. The molecule has 110 valence electrons. The molecule has 1 aliphatic carbocycles. The van der Waals surface area contributed by atoms with E-state index in [1.165, 1.54) is 0 Å². The minimum Gasteiger partial charge on any atom is -0.388 e. The van der Waals surface area contributed by atoms with E-state index in [-0.39, 0.29) is 30.9 Å². The third-order valence-corrected chi connectivity index (χ3v) is 3.78. The molecule has 5 heteroatoms. The van der Waals surface area contributed by atoms with Crippen molar-refractivity contribution in [1.29, 1.82) is 0 Å². The average molecular weight is 283 g/mol. The maximum Gasteiger partial charge on any atom is 0.220 e. The van der Waals surface area contributed by atoms with Gasteiger partial charge in [-0.2, -0.15) is 0 Å². The summed E-state index contributed by atoms with van der Waals surface area (Å²) < 4.78 is 26.3. The van der Waals surface area contributed by atoms with Crippen molar-refractivity contribution in [3.63, 3.8) is 0 Å². The quantitative estimate of drug-likeness (QED) is 0.871. The Hall–Kier alpha value is -1.49. The second-order valence-electron chi connectivity index (χ2n) is 5.44. The van der Waals surface area contributed by atoms with E-state index in [0.29, 0.717) is 12.8 Å². The summed E-state index contributed by atoms with van der Waals surface area (Å²) in [6, 6.07) is 3.21. The van der Waals surface area contributed by atoms with Gasteiger partial charge in [0.1, 0.15) is 11.6 Å². The van der Waals surface area contributed by atoms with E-state index in [1.54, 1.807) is 0 Å². The highest BCUT2D eigenvalue weighted by atomic mass is 19.1. The summed E-state index contributed by atoms with van der Waals surface area (Å²) in [4.78, 5) is 11.7. The first-order valence-electron chi connectivity index (χ1n) is 6.92. The number of hydrogen-bond donors (Lipinski definition) is 2. The zero-order valence-corrected chi connectivity index (χ0v) is 11.3. The maximum atomic E-state index is 13.4. The summed E-state index contributed by atoms with van der Waals surface area (Å²) in [6.07, 6.45) is 3.57. The van der Waals surface area contributed by atoms with Crippen LogP contribution in [0.5, 0.6) is 0 Å². The van der Waals surface area contributed by atoms with Gasteiger partial charge in [-0.25, -0.2) is 8.78 Å². The Labute approximate surface area is 117 Å². The summed E-state index contributed by atoms with van der Waals surface area (Å²) in [6.45, 7) is 0.234. The van der Waals surface area contributed by atoms with Gasteiger partial charge in [0.25, 0.3) is 0 Å². The predicted molar refractivity (Wildman–Crippen MR) is 71.1 cm³/mol. The Morgan fingerprint density at radius 1 is 1.30 bits per heavy atom. The first-order chi connectivity index (χ1) is 9.48. The highest BCUT2D eigenvalue weighted by Gasteiger charge is 2.31. The lowest BCUT2D eigenvalue weighted by atomic mass is 10.0. The number of nitrogens with one attached hydrogen (secondary N) is 1. The Balaban J connectivity index is 1.79. The number of halogens is 2. The number of rotatable bonds is 5. The molecular weight excluding hydrogens is 264 g/mol. The molecule has 1 saturated carbocycles. The van der Waals surface area contributed by atoms with E-state index in [9.17, 15) is 18.7 Å². The summed E-state index contributed by atoms with van der Waals surface area (Å²) >= 11 is 0. The molecule has 0 radical (unpaired) electrons. The molecule has 0 aromatic heterocycles. The summed E-state index contributed by atoms with van der Waals surface area (Å²) in [5, 5.41) is 12.7. The smallest absolute Gasteiger partial charge is 0.220 e. The molecule has 1 aliphatic rings. The zero-order valence-electron chi connectivity index (χ0n) is 11.3. The van der Waals surface area contributed by atoms with Crippen LogP contribution in [0.15, 0.2) is 18.2 Å². The van der Waals surface area contributed by atoms with Crippen molar-refractivity contribution in [2.45, 2.75) is 44.1 Å². The van der Waals surface area contributed by atoms with Crippen LogP contribution in [0.2, 0.25) is 0 Å². The summed E-state index contributed by atoms with van der Waals surface area (Å²) in [7, 11) is 0. The van der Waals surface area contributed by atoms with Gasteiger partial charge in [-0.05, 0) is 43.0 Å². The molecule has 20 heavy (non-hydrogen) atoms. The zero-order chi connectivity index (χ0) is 14.6. The molecule has 3 nitrogen and oxygen atoms in total. The number of hydrogen-bond acceptors (Lipinski definition) is 2. The van der Waals surface area contributed by atoms with Crippen molar-refractivity contribution < 1.29 is 18.7 Å². The molecule has 1 aromatic rings. The number of aryl methyl sites for hydroxylation is 1. The van der Waals surface area contributed by atoms with Crippen LogP contribution in [0.1, 0.15) is 37.7 Å². The molecule has 0 spiro atoms. The molecule has 0 atom stereocenters. The molecule has 0 heterocycles. The highest BCUT2D eigenvalue weighted by Crippen LogP contribution is 2.28.